The summed E-state index contributed by atoms with van der Waals surface area (Å²) in [5, 5.41) is 2.82. The van der Waals surface area contributed by atoms with Gasteiger partial charge in [0.05, 0.1) is 12.5 Å². The van der Waals surface area contributed by atoms with Crippen LogP contribution in [0.3, 0.4) is 0 Å². The molecule has 1 fully saturated rings. The number of carbonyl (C=O) groups is 2. The quantitative estimate of drug-likeness (QED) is 0.847. The van der Waals surface area contributed by atoms with Crippen LogP contribution in [0.1, 0.15) is 25.3 Å². The molecule has 126 valence electrons. The van der Waals surface area contributed by atoms with E-state index >= 15 is 0 Å². The first-order valence-corrected chi connectivity index (χ1v) is 8.04. The fourth-order valence-electron chi connectivity index (χ4n) is 2.73. The highest BCUT2D eigenvalue weighted by Crippen LogP contribution is 2.18. The van der Waals surface area contributed by atoms with Crippen molar-refractivity contribution in [1.29, 1.82) is 0 Å². The van der Waals surface area contributed by atoms with Crippen LogP contribution in [0.5, 0.6) is 0 Å². The molecule has 1 aliphatic heterocycles. The lowest BCUT2D eigenvalue weighted by Crippen LogP contribution is -2.47. The van der Waals surface area contributed by atoms with Gasteiger partial charge in [0.2, 0.25) is 0 Å². The van der Waals surface area contributed by atoms with E-state index in [1.165, 1.54) is 12.1 Å². The van der Waals surface area contributed by atoms with Crippen LogP contribution in [0.2, 0.25) is 0 Å². The van der Waals surface area contributed by atoms with Crippen molar-refractivity contribution in [3.05, 3.63) is 35.6 Å². The van der Waals surface area contributed by atoms with Gasteiger partial charge >= 0.3 is 12.0 Å². The minimum Gasteiger partial charge on any atom is -0.466 e. The second kappa shape index (κ2) is 8.50. The fraction of sp³-hybridized carbons (Fsp3) is 0.529. The molecule has 1 aromatic rings. The molecule has 6 heteroatoms. The van der Waals surface area contributed by atoms with Gasteiger partial charge in [-0.3, -0.25) is 4.79 Å². The Balaban J connectivity index is 1.77. The average molecular weight is 322 g/mol. The number of rotatable bonds is 5. The van der Waals surface area contributed by atoms with E-state index < -0.39 is 0 Å². The van der Waals surface area contributed by atoms with Crippen molar-refractivity contribution in [2.24, 2.45) is 5.92 Å². The maximum atomic E-state index is 13.1. The van der Waals surface area contributed by atoms with Gasteiger partial charge in [-0.2, -0.15) is 0 Å². The normalized spacial score (nSPS) is 17.7. The van der Waals surface area contributed by atoms with Gasteiger partial charge in [-0.25, -0.2) is 9.18 Å². The van der Waals surface area contributed by atoms with E-state index in [4.69, 9.17) is 4.74 Å². The second-order valence-corrected chi connectivity index (χ2v) is 5.65. The number of piperidine rings is 1. The second-order valence-electron chi connectivity index (χ2n) is 5.65. The van der Waals surface area contributed by atoms with Gasteiger partial charge in [0.15, 0.2) is 0 Å². The van der Waals surface area contributed by atoms with Crippen LogP contribution >= 0.6 is 0 Å². The molecule has 1 atom stereocenters. The maximum absolute atomic E-state index is 13.1. The highest BCUT2D eigenvalue weighted by molar-refractivity contribution is 5.77. The van der Waals surface area contributed by atoms with Crippen molar-refractivity contribution in [2.45, 2.75) is 26.2 Å². The lowest BCUT2D eigenvalue weighted by atomic mass is 9.98. The summed E-state index contributed by atoms with van der Waals surface area (Å²) in [5.41, 5.74) is 0.841. The Morgan fingerprint density at radius 2 is 2.26 bits per heavy atom. The zero-order valence-corrected chi connectivity index (χ0v) is 13.4. The van der Waals surface area contributed by atoms with Crippen molar-refractivity contribution in [3.8, 4) is 0 Å². The molecule has 0 aliphatic carbocycles. The molecule has 0 aromatic heterocycles. The van der Waals surface area contributed by atoms with Crippen molar-refractivity contribution in [2.75, 3.05) is 26.2 Å². The first-order valence-electron chi connectivity index (χ1n) is 8.04. The molecule has 0 spiro atoms. The topological polar surface area (TPSA) is 58.6 Å². The Labute approximate surface area is 135 Å². The summed E-state index contributed by atoms with van der Waals surface area (Å²) in [7, 11) is 0. The van der Waals surface area contributed by atoms with E-state index in [-0.39, 0.29) is 23.7 Å². The van der Waals surface area contributed by atoms with Crippen molar-refractivity contribution in [3.63, 3.8) is 0 Å². The van der Waals surface area contributed by atoms with E-state index in [0.717, 1.165) is 18.4 Å². The standard InChI is InChI=1S/C17H23FN2O3/c1-2-23-16(21)14-6-4-10-20(12-14)17(22)19-9-8-13-5-3-7-15(18)11-13/h3,5,7,11,14H,2,4,6,8-10,12H2,1H3,(H,19,22). The number of esters is 1. The lowest BCUT2D eigenvalue weighted by Gasteiger charge is -2.31. The molecular weight excluding hydrogens is 299 g/mol. The van der Waals surface area contributed by atoms with Crippen LogP contribution in [0.4, 0.5) is 9.18 Å². The number of urea groups is 1. The number of benzene rings is 1. The van der Waals surface area contributed by atoms with E-state index in [9.17, 15) is 14.0 Å². The third-order valence-corrected chi connectivity index (χ3v) is 3.91. The van der Waals surface area contributed by atoms with Crippen molar-refractivity contribution in [1.82, 2.24) is 10.2 Å². The van der Waals surface area contributed by atoms with E-state index in [1.807, 2.05) is 6.07 Å². The molecule has 1 aliphatic rings. The molecular formula is C17H23FN2O3. The average Bonchev–Trinajstić information content (AvgIpc) is 2.55. The molecule has 0 saturated carbocycles. The molecule has 2 amide bonds. The number of carbonyl (C=O) groups excluding carboxylic acids is 2. The van der Waals surface area contributed by atoms with Crippen molar-refractivity contribution >= 4 is 12.0 Å². The summed E-state index contributed by atoms with van der Waals surface area (Å²) in [5.74, 6) is -0.746. The molecule has 1 aromatic carbocycles. The van der Waals surface area contributed by atoms with E-state index in [0.29, 0.717) is 32.7 Å². The maximum Gasteiger partial charge on any atom is 0.317 e. The number of hydrogen-bond acceptors (Lipinski definition) is 3. The molecule has 0 radical (unpaired) electrons. The van der Waals surface area contributed by atoms with E-state index in [2.05, 4.69) is 5.32 Å². The molecule has 1 saturated heterocycles. The Hall–Kier alpha value is -2.11. The summed E-state index contributed by atoms with van der Waals surface area (Å²) in [6.45, 7) is 3.60. The minimum absolute atomic E-state index is 0.185. The van der Waals surface area contributed by atoms with Gasteiger partial charge in [-0.15, -0.1) is 0 Å². The number of nitrogens with one attached hydrogen (secondary N) is 1. The largest absolute Gasteiger partial charge is 0.466 e. The van der Waals surface area contributed by atoms with Gasteiger partial charge in [0, 0.05) is 19.6 Å². The molecule has 23 heavy (non-hydrogen) atoms. The Bertz CT molecular complexity index is 550. The lowest BCUT2D eigenvalue weighted by molar-refractivity contribution is -0.149. The molecule has 0 bridgehead atoms. The Morgan fingerprint density at radius 1 is 1.43 bits per heavy atom. The van der Waals surface area contributed by atoms with Gasteiger partial charge in [-0.05, 0) is 43.9 Å². The number of likely N-dealkylation sites (tertiary alicyclic amines) is 1. The SMILES string of the molecule is CCOC(=O)C1CCCN(C(=O)NCCc2cccc(F)c2)C1. The van der Waals surface area contributed by atoms with Crippen LogP contribution in [0, 0.1) is 11.7 Å². The van der Waals surface area contributed by atoms with Crippen molar-refractivity contribution < 1.29 is 18.7 Å². The Kier molecular flexibility index (Phi) is 6.38. The smallest absolute Gasteiger partial charge is 0.317 e. The number of halogens is 1. The minimum atomic E-state index is -0.276. The summed E-state index contributed by atoms with van der Waals surface area (Å²) in [6, 6.07) is 6.15. The first kappa shape index (κ1) is 17.2. The summed E-state index contributed by atoms with van der Waals surface area (Å²) in [4.78, 5) is 25.6. The van der Waals surface area contributed by atoms with Crippen LogP contribution < -0.4 is 5.32 Å². The van der Waals surface area contributed by atoms with Gasteiger partial charge < -0.3 is 15.0 Å². The van der Waals surface area contributed by atoms with Crippen LogP contribution in [-0.4, -0.2) is 43.1 Å². The predicted octanol–water partition coefficient (Wildman–Crippen LogP) is 2.35. The highest BCUT2D eigenvalue weighted by atomic mass is 19.1. The Morgan fingerprint density at radius 3 is 3.00 bits per heavy atom. The number of ether oxygens (including phenoxy) is 1. The molecule has 1 heterocycles. The zero-order valence-electron chi connectivity index (χ0n) is 13.4. The number of nitrogens with zero attached hydrogens (tertiary/aromatic N) is 1. The monoisotopic (exact) mass is 322 g/mol. The highest BCUT2D eigenvalue weighted by Gasteiger charge is 2.29. The summed E-state index contributed by atoms with van der Waals surface area (Å²) in [6.07, 6.45) is 2.12. The molecule has 1 N–H and O–H groups in total. The number of amides is 2. The van der Waals surface area contributed by atoms with Crippen LogP contribution in [-0.2, 0) is 16.0 Å². The van der Waals surface area contributed by atoms with Gasteiger partial charge in [0.1, 0.15) is 5.82 Å². The predicted molar refractivity (Wildman–Crippen MR) is 84.4 cm³/mol. The summed E-state index contributed by atoms with van der Waals surface area (Å²) >= 11 is 0. The number of hydrogen-bond donors (Lipinski definition) is 1. The van der Waals surface area contributed by atoms with Crippen LogP contribution in [0.25, 0.3) is 0 Å². The third kappa shape index (κ3) is 5.23. The van der Waals surface area contributed by atoms with Crippen LogP contribution in [0.15, 0.2) is 24.3 Å². The van der Waals surface area contributed by atoms with E-state index in [1.54, 1.807) is 17.9 Å². The molecule has 1 unspecified atom stereocenters. The summed E-state index contributed by atoms with van der Waals surface area (Å²) < 4.78 is 18.1. The molecule has 5 nitrogen and oxygen atoms in total. The third-order valence-electron chi connectivity index (χ3n) is 3.91. The molecule has 2 rings (SSSR count). The van der Waals surface area contributed by atoms with Gasteiger partial charge in [0.25, 0.3) is 0 Å². The zero-order chi connectivity index (χ0) is 16.7. The van der Waals surface area contributed by atoms with Gasteiger partial charge in [-0.1, -0.05) is 12.1 Å². The first-order chi connectivity index (χ1) is 11.1. The fourth-order valence-corrected chi connectivity index (χ4v) is 2.73.